The Morgan fingerprint density at radius 2 is 2.23 bits per heavy atom. The molecule has 0 spiro atoms. The van der Waals surface area contributed by atoms with Crippen LogP contribution in [0, 0.1) is 5.82 Å². The van der Waals surface area contributed by atoms with Gasteiger partial charge in [-0.05, 0) is 18.2 Å². The number of aromatic nitrogens is 2. The molecule has 0 radical (unpaired) electrons. The Balaban J connectivity index is 1.88. The maximum absolute atomic E-state index is 13.4. The molecule has 0 unspecified atom stereocenters. The van der Waals surface area contributed by atoms with Crippen LogP contribution >= 0.6 is 0 Å². The molecule has 2 rings (SSSR count). The Bertz CT molecular complexity index is 632. The van der Waals surface area contributed by atoms with Gasteiger partial charge in [-0.2, -0.15) is 5.10 Å². The number of halogens is 1. The van der Waals surface area contributed by atoms with E-state index in [-0.39, 0.29) is 24.6 Å². The number of aromatic amines is 1. The molecule has 0 aliphatic heterocycles. The first kappa shape index (κ1) is 15.9. The van der Waals surface area contributed by atoms with E-state index in [0.717, 1.165) is 0 Å². The van der Waals surface area contributed by atoms with E-state index >= 15 is 0 Å². The van der Waals surface area contributed by atoms with Crippen LogP contribution in [-0.2, 0) is 6.61 Å². The van der Waals surface area contributed by atoms with Gasteiger partial charge in [-0.1, -0.05) is 12.1 Å². The number of hydrogen-bond donors (Lipinski definition) is 4. The van der Waals surface area contributed by atoms with Crippen molar-refractivity contribution < 1.29 is 24.1 Å². The van der Waals surface area contributed by atoms with E-state index in [1.54, 1.807) is 12.1 Å². The summed E-state index contributed by atoms with van der Waals surface area (Å²) >= 11 is 0. The number of nitrogens with one attached hydrogen (secondary N) is 2. The van der Waals surface area contributed by atoms with Crippen LogP contribution in [0.1, 0.15) is 16.2 Å². The molecule has 0 saturated heterocycles. The van der Waals surface area contributed by atoms with Crippen molar-refractivity contribution in [2.24, 2.45) is 0 Å². The van der Waals surface area contributed by atoms with E-state index in [1.165, 1.54) is 18.2 Å². The Morgan fingerprint density at radius 1 is 1.45 bits per heavy atom. The number of aliphatic hydroxyl groups excluding tert-OH is 2. The average molecular weight is 309 g/mol. The van der Waals surface area contributed by atoms with E-state index in [0.29, 0.717) is 5.69 Å². The van der Waals surface area contributed by atoms with Crippen LogP contribution in [0.2, 0.25) is 0 Å². The number of benzene rings is 1. The summed E-state index contributed by atoms with van der Waals surface area (Å²) in [5.74, 6) is -0.868. The van der Waals surface area contributed by atoms with Gasteiger partial charge in [-0.15, -0.1) is 0 Å². The number of para-hydroxylation sites is 1. The van der Waals surface area contributed by atoms with Crippen LogP contribution in [0.15, 0.2) is 30.3 Å². The molecule has 118 valence electrons. The van der Waals surface area contributed by atoms with Gasteiger partial charge in [0.05, 0.1) is 18.4 Å². The number of aliphatic hydroxyl groups is 2. The molecule has 4 N–H and O–H groups in total. The number of rotatable bonds is 7. The Kier molecular flexibility index (Phi) is 5.45. The lowest BCUT2D eigenvalue weighted by molar-refractivity contribution is 0.0798. The van der Waals surface area contributed by atoms with Crippen molar-refractivity contribution in [3.63, 3.8) is 0 Å². The second-order valence-electron chi connectivity index (χ2n) is 4.54. The summed E-state index contributed by atoms with van der Waals surface area (Å²) in [6.07, 6.45) is -1.02. The molecule has 8 heteroatoms. The third kappa shape index (κ3) is 4.27. The molecule has 1 atom stereocenters. The van der Waals surface area contributed by atoms with Gasteiger partial charge in [0.25, 0.3) is 5.91 Å². The van der Waals surface area contributed by atoms with Gasteiger partial charge in [-0.25, -0.2) is 4.39 Å². The lowest BCUT2D eigenvalue weighted by Crippen LogP contribution is -2.34. The Morgan fingerprint density at radius 3 is 2.95 bits per heavy atom. The van der Waals surface area contributed by atoms with E-state index < -0.39 is 24.4 Å². The van der Waals surface area contributed by atoms with Gasteiger partial charge in [-0.3, -0.25) is 9.89 Å². The molecule has 2 aromatic rings. The van der Waals surface area contributed by atoms with Crippen LogP contribution in [0.25, 0.3) is 0 Å². The minimum Gasteiger partial charge on any atom is -0.484 e. The van der Waals surface area contributed by atoms with Crippen molar-refractivity contribution in [1.29, 1.82) is 0 Å². The highest BCUT2D eigenvalue weighted by atomic mass is 19.1. The average Bonchev–Trinajstić information content (AvgIpc) is 3.00. The predicted molar refractivity (Wildman–Crippen MR) is 74.7 cm³/mol. The first-order valence-corrected chi connectivity index (χ1v) is 6.59. The number of H-pyrrole nitrogens is 1. The van der Waals surface area contributed by atoms with Crippen LogP contribution in [-0.4, -0.2) is 45.6 Å². The van der Waals surface area contributed by atoms with E-state index in [9.17, 15) is 9.18 Å². The minimum absolute atomic E-state index is 0.0283. The van der Waals surface area contributed by atoms with Crippen LogP contribution < -0.4 is 10.1 Å². The summed E-state index contributed by atoms with van der Waals surface area (Å²) in [6.45, 7) is -0.494. The molecular weight excluding hydrogens is 293 g/mol. The van der Waals surface area contributed by atoms with Gasteiger partial charge in [0.2, 0.25) is 0 Å². The molecule has 1 heterocycles. The fraction of sp³-hybridized carbons (Fsp3) is 0.286. The van der Waals surface area contributed by atoms with E-state index in [1.807, 2.05) is 0 Å². The van der Waals surface area contributed by atoms with Crippen molar-refractivity contribution in [2.45, 2.75) is 12.7 Å². The highest BCUT2D eigenvalue weighted by Gasteiger charge is 2.12. The van der Waals surface area contributed by atoms with Crippen molar-refractivity contribution in [1.82, 2.24) is 15.5 Å². The standard InChI is InChI=1S/C14H16FN3O4/c15-11-3-1-2-4-13(11)22-8-9-5-12(18-17-9)14(21)16-6-10(20)7-19/h1-5,10,19-20H,6-8H2,(H,16,21)(H,17,18)/t10-/m0/s1. The zero-order chi connectivity index (χ0) is 15.9. The first-order chi connectivity index (χ1) is 10.6. The van der Waals surface area contributed by atoms with Gasteiger partial charge in [0.15, 0.2) is 11.6 Å². The zero-order valence-electron chi connectivity index (χ0n) is 11.6. The van der Waals surface area contributed by atoms with Crippen molar-refractivity contribution in [3.8, 4) is 5.75 Å². The predicted octanol–water partition coefficient (Wildman–Crippen LogP) is 0.211. The number of nitrogens with zero attached hydrogens (tertiary/aromatic N) is 1. The number of ether oxygens (including phenoxy) is 1. The SMILES string of the molecule is O=C(NC[C@H](O)CO)c1cc(COc2ccccc2F)[nH]n1. The third-order valence-electron chi connectivity index (χ3n) is 2.79. The van der Waals surface area contributed by atoms with Gasteiger partial charge in [0, 0.05) is 6.54 Å². The van der Waals surface area contributed by atoms with Crippen molar-refractivity contribution >= 4 is 5.91 Å². The highest BCUT2D eigenvalue weighted by Crippen LogP contribution is 2.16. The number of carbonyl (C=O) groups is 1. The van der Waals surface area contributed by atoms with Crippen LogP contribution in [0.3, 0.4) is 0 Å². The Hall–Kier alpha value is -2.45. The number of amides is 1. The summed E-state index contributed by atoms with van der Waals surface area (Å²) in [6, 6.07) is 7.45. The zero-order valence-corrected chi connectivity index (χ0v) is 11.6. The molecule has 1 aromatic carbocycles. The molecule has 0 bridgehead atoms. The summed E-state index contributed by atoms with van der Waals surface area (Å²) in [5.41, 5.74) is 0.605. The van der Waals surface area contributed by atoms with Crippen LogP contribution in [0.5, 0.6) is 5.75 Å². The highest BCUT2D eigenvalue weighted by molar-refractivity contribution is 5.92. The second-order valence-corrected chi connectivity index (χ2v) is 4.54. The number of carbonyl (C=O) groups excluding carboxylic acids is 1. The summed E-state index contributed by atoms with van der Waals surface area (Å²) in [5, 5.41) is 26.6. The van der Waals surface area contributed by atoms with Gasteiger partial charge >= 0.3 is 0 Å². The molecule has 0 saturated carbocycles. The lowest BCUT2D eigenvalue weighted by atomic mass is 10.3. The summed E-state index contributed by atoms with van der Waals surface area (Å²) < 4.78 is 18.7. The van der Waals surface area contributed by atoms with Crippen LogP contribution in [0.4, 0.5) is 4.39 Å². The number of hydrogen-bond acceptors (Lipinski definition) is 5. The monoisotopic (exact) mass is 309 g/mol. The summed E-state index contributed by atoms with van der Waals surface area (Å²) in [4.78, 5) is 11.7. The van der Waals surface area contributed by atoms with Gasteiger partial charge in [0.1, 0.15) is 12.3 Å². The fourth-order valence-corrected chi connectivity index (χ4v) is 1.63. The molecule has 0 aliphatic carbocycles. The molecule has 22 heavy (non-hydrogen) atoms. The normalized spacial score (nSPS) is 12.0. The van der Waals surface area contributed by atoms with Crippen molar-refractivity contribution in [3.05, 3.63) is 47.5 Å². The molecule has 1 aromatic heterocycles. The van der Waals surface area contributed by atoms with E-state index in [2.05, 4.69) is 15.5 Å². The lowest BCUT2D eigenvalue weighted by Gasteiger charge is -2.07. The minimum atomic E-state index is -1.02. The van der Waals surface area contributed by atoms with Crippen molar-refractivity contribution in [2.75, 3.05) is 13.2 Å². The third-order valence-corrected chi connectivity index (χ3v) is 2.79. The topological polar surface area (TPSA) is 107 Å². The summed E-state index contributed by atoms with van der Waals surface area (Å²) in [7, 11) is 0. The first-order valence-electron chi connectivity index (χ1n) is 6.59. The molecular formula is C14H16FN3O4. The molecule has 1 amide bonds. The maximum atomic E-state index is 13.4. The molecule has 7 nitrogen and oxygen atoms in total. The van der Waals surface area contributed by atoms with Gasteiger partial charge < -0.3 is 20.3 Å². The quantitative estimate of drug-likeness (QED) is 0.585. The second kappa shape index (κ2) is 7.53. The fourth-order valence-electron chi connectivity index (χ4n) is 1.63. The smallest absolute Gasteiger partial charge is 0.271 e. The molecule has 0 aliphatic rings. The van der Waals surface area contributed by atoms with E-state index in [4.69, 9.17) is 14.9 Å². The molecule has 0 fully saturated rings. The Labute approximate surface area is 125 Å². The maximum Gasteiger partial charge on any atom is 0.271 e. The largest absolute Gasteiger partial charge is 0.484 e.